The Labute approximate surface area is 106 Å². The fraction of sp³-hybridized carbons (Fsp3) is 0.917. The maximum atomic E-state index is 11.1. The molecule has 5 heteroatoms. The molecule has 0 aromatic rings. The molecule has 0 radical (unpaired) electrons. The molecule has 17 heavy (non-hydrogen) atoms. The highest BCUT2D eigenvalue weighted by molar-refractivity contribution is 7.16. The average molecular weight is 262 g/mol. The van der Waals surface area contributed by atoms with Crippen LogP contribution in [0.15, 0.2) is 0 Å². The van der Waals surface area contributed by atoms with Crippen LogP contribution in [0, 0.1) is 11.8 Å². The summed E-state index contributed by atoms with van der Waals surface area (Å²) < 4.78 is 16.7. The van der Waals surface area contributed by atoms with Gasteiger partial charge in [-0.15, -0.1) is 9.24 Å². The van der Waals surface area contributed by atoms with Gasteiger partial charge in [0.05, 0.1) is 12.5 Å². The summed E-state index contributed by atoms with van der Waals surface area (Å²) in [4.78, 5) is 11.1. The van der Waals surface area contributed by atoms with Gasteiger partial charge in [0.25, 0.3) is 0 Å². The Kier molecular flexibility index (Phi) is 5.84. The fourth-order valence-corrected chi connectivity index (χ4v) is 2.50. The molecule has 0 saturated carbocycles. The van der Waals surface area contributed by atoms with E-state index in [0.29, 0.717) is 12.3 Å². The van der Waals surface area contributed by atoms with Crippen molar-refractivity contribution in [3.05, 3.63) is 0 Å². The Morgan fingerprint density at radius 2 is 2.00 bits per heavy atom. The molecule has 0 aromatic heterocycles. The van der Waals surface area contributed by atoms with Crippen LogP contribution in [0.2, 0.25) is 0 Å². The summed E-state index contributed by atoms with van der Waals surface area (Å²) in [6.45, 7) is 7.73. The molecule has 1 rings (SSSR count). The van der Waals surface area contributed by atoms with Gasteiger partial charge in [-0.3, -0.25) is 4.79 Å². The van der Waals surface area contributed by atoms with E-state index in [1.165, 1.54) is 6.92 Å². The van der Waals surface area contributed by atoms with Crippen molar-refractivity contribution in [3.63, 3.8) is 0 Å². The summed E-state index contributed by atoms with van der Waals surface area (Å²) in [5.74, 6) is 0.304. The minimum atomic E-state index is -0.451. The zero-order chi connectivity index (χ0) is 13.0. The molecule has 100 valence electrons. The van der Waals surface area contributed by atoms with E-state index in [2.05, 4.69) is 30.0 Å². The van der Waals surface area contributed by atoms with Gasteiger partial charge in [0, 0.05) is 12.8 Å². The van der Waals surface area contributed by atoms with Gasteiger partial charge < -0.3 is 14.2 Å². The highest BCUT2D eigenvalue weighted by Crippen LogP contribution is 2.34. The summed E-state index contributed by atoms with van der Waals surface area (Å²) in [6, 6.07) is 0. The molecule has 0 spiro atoms. The Bertz CT molecular complexity index is 259. The van der Waals surface area contributed by atoms with E-state index in [1.54, 1.807) is 0 Å². The number of carbonyl (C=O) groups excluding carboxylic acids is 1. The Hall–Kier alpha value is -0.180. The van der Waals surface area contributed by atoms with Crippen LogP contribution in [-0.4, -0.2) is 30.8 Å². The molecule has 0 bridgehead atoms. The van der Waals surface area contributed by atoms with Gasteiger partial charge in [-0.25, -0.2) is 0 Å². The van der Waals surface area contributed by atoms with Gasteiger partial charge in [-0.05, 0) is 12.3 Å². The molecule has 0 aliphatic carbocycles. The first kappa shape index (κ1) is 14.9. The van der Waals surface area contributed by atoms with E-state index in [9.17, 15) is 4.79 Å². The Balaban J connectivity index is 2.78. The molecule has 4 nitrogen and oxygen atoms in total. The summed E-state index contributed by atoms with van der Waals surface area (Å²) in [5, 5.41) is 0. The molecule has 0 aromatic carbocycles. The standard InChI is InChI=1S/C12H23O4P/c1-5-10-7(2)8(3)11(15-9(4)13)12(16-10)14-6-17/h7-8,10-12H,5-6,17H2,1-4H3/t7-,8-,10?,11?,12-/m0/s1. The number of esters is 1. The number of hydrogen-bond acceptors (Lipinski definition) is 4. The zero-order valence-corrected chi connectivity index (χ0v) is 12.2. The van der Waals surface area contributed by atoms with Crippen LogP contribution in [0.1, 0.15) is 34.1 Å². The highest BCUT2D eigenvalue weighted by atomic mass is 31.0. The number of ether oxygens (including phenoxy) is 3. The minimum absolute atomic E-state index is 0.165. The van der Waals surface area contributed by atoms with E-state index in [4.69, 9.17) is 14.2 Å². The minimum Gasteiger partial charge on any atom is -0.457 e. The van der Waals surface area contributed by atoms with Crippen LogP contribution < -0.4 is 0 Å². The molecule has 1 heterocycles. The van der Waals surface area contributed by atoms with E-state index in [1.807, 2.05) is 0 Å². The predicted octanol–water partition coefficient (Wildman–Crippen LogP) is 2.17. The molecule has 1 aliphatic heterocycles. The molecular weight excluding hydrogens is 239 g/mol. The third kappa shape index (κ3) is 3.64. The smallest absolute Gasteiger partial charge is 0.303 e. The Morgan fingerprint density at radius 1 is 1.35 bits per heavy atom. The molecule has 0 N–H and O–H groups in total. The quantitative estimate of drug-likeness (QED) is 0.575. The van der Waals surface area contributed by atoms with Gasteiger partial charge >= 0.3 is 5.97 Å². The zero-order valence-electron chi connectivity index (χ0n) is 11.0. The molecule has 0 amide bonds. The predicted molar refractivity (Wildman–Crippen MR) is 68.5 cm³/mol. The van der Waals surface area contributed by atoms with E-state index >= 15 is 0 Å². The second-order valence-electron chi connectivity index (χ2n) is 4.58. The van der Waals surface area contributed by atoms with Crippen molar-refractivity contribution in [1.29, 1.82) is 0 Å². The van der Waals surface area contributed by atoms with E-state index in [-0.39, 0.29) is 24.1 Å². The molecule has 1 aliphatic rings. The fourth-order valence-electron chi connectivity index (χ4n) is 2.31. The Morgan fingerprint density at radius 3 is 2.47 bits per heavy atom. The van der Waals surface area contributed by atoms with Gasteiger partial charge in [0.2, 0.25) is 0 Å². The lowest BCUT2D eigenvalue weighted by atomic mass is 9.82. The van der Waals surface area contributed by atoms with Crippen LogP contribution in [-0.2, 0) is 19.0 Å². The molecule has 6 atom stereocenters. The lowest BCUT2D eigenvalue weighted by molar-refractivity contribution is -0.269. The molecule has 3 unspecified atom stereocenters. The van der Waals surface area contributed by atoms with E-state index < -0.39 is 6.29 Å². The first-order valence-electron chi connectivity index (χ1n) is 6.15. The van der Waals surface area contributed by atoms with Crippen LogP contribution >= 0.6 is 9.24 Å². The van der Waals surface area contributed by atoms with Gasteiger partial charge in [0.1, 0.15) is 0 Å². The summed E-state index contributed by atoms with van der Waals surface area (Å²) >= 11 is 0. The maximum absolute atomic E-state index is 11.1. The summed E-state index contributed by atoms with van der Waals surface area (Å²) in [7, 11) is 2.49. The number of rotatable bonds is 4. The van der Waals surface area contributed by atoms with Crippen molar-refractivity contribution < 1.29 is 19.0 Å². The van der Waals surface area contributed by atoms with Crippen molar-refractivity contribution in [2.24, 2.45) is 11.8 Å². The second kappa shape index (κ2) is 6.67. The van der Waals surface area contributed by atoms with Crippen molar-refractivity contribution >= 4 is 15.2 Å². The second-order valence-corrected chi connectivity index (χ2v) is 4.91. The monoisotopic (exact) mass is 262 g/mol. The first-order chi connectivity index (χ1) is 8.01. The third-order valence-electron chi connectivity index (χ3n) is 3.48. The lowest BCUT2D eigenvalue weighted by Crippen LogP contribution is -2.51. The summed E-state index contributed by atoms with van der Waals surface area (Å²) in [6.07, 6.45) is 0.811. The third-order valence-corrected chi connectivity index (χ3v) is 3.67. The SMILES string of the molecule is CCC1O[C@H](OCP)C(OC(C)=O)[C@@H](C)[C@@H]1C. The summed E-state index contributed by atoms with van der Waals surface area (Å²) in [5.41, 5.74) is 0. The van der Waals surface area contributed by atoms with Crippen LogP contribution in [0.5, 0.6) is 0 Å². The highest BCUT2D eigenvalue weighted by Gasteiger charge is 2.43. The van der Waals surface area contributed by atoms with Crippen LogP contribution in [0.25, 0.3) is 0 Å². The normalized spacial score (nSPS) is 37.8. The number of carbonyl (C=O) groups is 1. The van der Waals surface area contributed by atoms with Gasteiger partial charge in [-0.2, -0.15) is 0 Å². The van der Waals surface area contributed by atoms with Crippen molar-refractivity contribution in [1.82, 2.24) is 0 Å². The van der Waals surface area contributed by atoms with Crippen LogP contribution in [0.3, 0.4) is 0 Å². The molecule has 1 saturated heterocycles. The average Bonchev–Trinajstić information content (AvgIpc) is 2.28. The van der Waals surface area contributed by atoms with E-state index in [0.717, 1.165) is 6.42 Å². The number of hydrogen-bond donors (Lipinski definition) is 0. The van der Waals surface area contributed by atoms with Crippen molar-refractivity contribution in [3.8, 4) is 0 Å². The van der Waals surface area contributed by atoms with Gasteiger partial charge in [0.15, 0.2) is 12.4 Å². The maximum Gasteiger partial charge on any atom is 0.303 e. The lowest BCUT2D eigenvalue weighted by Gasteiger charge is -2.43. The molecule has 1 fully saturated rings. The van der Waals surface area contributed by atoms with Gasteiger partial charge in [-0.1, -0.05) is 20.8 Å². The topological polar surface area (TPSA) is 44.8 Å². The van der Waals surface area contributed by atoms with Crippen molar-refractivity contribution in [2.45, 2.75) is 52.6 Å². The largest absolute Gasteiger partial charge is 0.457 e. The first-order valence-corrected chi connectivity index (χ1v) is 6.97. The van der Waals surface area contributed by atoms with Crippen molar-refractivity contribution in [2.75, 3.05) is 6.35 Å². The molecular formula is C12H23O4P. The van der Waals surface area contributed by atoms with Crippen LogP contribution in [0.4, 0.5) is 0 Å².